The largest absolute Gasteiger partial charge is 0.316 e. The van der Waals surface area contributed by atoms with Crippen molar-refractivity contribution in [2.45, 2.75) is 13.0 Å². The summed E-state index contributed by atoms with van der Waals surface area (Å²) in [6.45, 7) is 3.18. The highest BCUT2D eigenvalue weighted by molar-refractivity contribution is 5.15. The maximum atomic E-state index is 4.42. The van der Waals surface area contributed by atoms with Crippen LogP contribution in [0.1, 0.15) is 11.1 Å². The van der Waals surface area contributed by atoms with Crippen molar-refractivity contribution >= 4 is 0 Å². The van der Waals surface area contributed by atoms with Crippen molar-refractivity contribution in [3.63, 3.8) is 0 Å². The molecule has 0 spiro atoms. The van der Waals surface area contributed by atoms with Crippen molar-refractivity contribution in [3.8, 4) is 0 Å². The van der Waals surface area contributed by atoms with Crippen molar-refractivity contribution in [1.29, 1.82) is 0 Å². The number of nitrogens with one attached hydrogen (secondary N) is 1. The molecule has 0 amide bonds. The third kappa shape index (κ3) is 2.56. The van der Waals surface area contributed by atoms with E-state index < -0.39 is 0 Å². The normalized spacial score (nSPS) is 15.8. The Morgan fingerprint density at radius 1 is 1.18 bits per heavy atom. The second kappa shape index (κ2) is 4.72. The van der Waals surface area contributed by atoms with Crippen LogP contribution in [-0.4, -0.2) is 22.9 Å². The molecule has 1 saturated heterocycles. The van der Waals surface area contributed by atoms with E-state index in [1.54, 1.807) is 0 Å². The highest BCUT2D eigenvalue weighted by Crippen LogP contribution is 2.12. The molecule has 3 nitrogen and oxygen atoms in total. The van der Waals surface area contributed by atoms with Crippen LogP contribution in [0.4, 0.5) is 0 Å². The first-order chi connectivity index (χ1) is 8.40. The lowest BCUT2D eigenvalue weighted by molar-refractivity contribution is 0.346. The fraction of sp³-hybridized carbons (Fsp3) is 0.357. The minimum Gasteiger partial charge on any atom is -0.316 e. The summed E-state index contributed by atoms with van der Waals surface area (Å²) in [5, 5.41) is 7.72. The van der Waals surface area contributed by atoms with E-state index in [0.717, 1.165) is 32.0 Å². The predicted molar refractivity (Wildman–Crippen MR) is 67.8 cm³/mol. The summed E-state index contributed by atoms with van der Waals surface area (Å²) in [6.07, 6.45) is 5.33. The Labute approximate surface area is 101 Å². The summed E-state index contributed by atoms with van der Waals surface area (Å²) in [7, 11) is 0. The molecule has 88 valence electrons. The van der Waals surface area contributed by atoms with Gasteiger partial charge in [0.15, 0.2) is 0 Å². The topological polar surface area (TPSA) is 29.9 Å². The molecule has 0 aliphatic carbocycles. The Kier molecular flexibility index (Phi) is 2.92. The van der Waals surface area contributed by atoms with Crippen LogP contribution < -0.4 is 5.32 Å². The molecule has 1 fully saturated rings. The van der Waals surface area contributed by atoms with Gasteiger partial charge in [0.05, 0.1) is 12.7 Å². The maximum Gasteiger partial charge on any atom is 0.0659 e. The van der Waals surface area contributed by atoms with E-state index in [0.29, 0.717) is 0 Å². The van der Waals surface area contributed by atoms with Crippen molar-refractivity contribution in [2.24, 2.45) is 5.92 Å². The van der Waals surface area contributed by atoms with Gasteiger partial charge in [0, 0.05) is 6.20 Å². The molecule has 1 N–H and O–H groups in total. The van der Waals surface area contributed by atoms with Crippen LogP contribution >= 0.6 is 0 Å². The fourth-order valence-corrected chi connectivity index (χ4v) is 2.19. The Morgan fingerprint density at radius 3 is 2.71 bits per heavy atom. The van der Waals surface area contributed by atoms with Gasteiger partial charge in [-0.15, -0.1) is 0 Å². The standard InChI is InChI=1S/C14H17N3/c1-2-4-12(5-3-1)10-17-11-14(9-16-17)6-13-7-15-8-13/h1-5,9,11,13,15H,6-8,10H2. The molecule has 3 heteroatoms. The zero-order valence-electron chi connectivity index (χ0n) is 9.84. The van der Waals surface area contributed by atoms with E-state index in [1.807, 2.05) is 16.9 Å². The SMILES string of the molecule is c1ccc(Cn2cc(CC3CNC3)cn2)cc1. The van der Waals surface area contributed by atoms with Gasteiger partial charge < -0.3 is 5.32 Å². The van der Waals surface area contributed by atoms with Crippen molar-refractivity contribution in [2.75, 3.05) is 13.1 Å². The molecule has 2 aromatic rings. The lowest BCUT2D eigenvalue weighted by Crippen LogP contribution is -2.42. The zero-order chi connectivity index (χ0) is 11.5. The van der Waals surface area contributed by atoms with Gasteiger partial charge in [0.25, 0.3) is 0 Å². The number of aromatic nitrogens is 2. The molecule has 0 bridgehead atoms. The summed E-state index contributed by atoms with van der Waals surface area (Å²) < 4.78 is 2.02. The molecule has 1 aliphatic heterocycles. The van der Waals surface area contributed by atoms with Gasteiger partial charge in [-0.2, -0.15) is 5.10 Å². The zero-order valence-corrected chi connectivity index (χ0v) is 9.84. The number of benzene rings is 1. The smallest absolute Gasteiger partial charge is 0.0659 e. The Bertz CT molecular complexity index is 471. The van der Waals surface area contributed by atoms with E-state index in [9.17, 15) is 0 Å². The van der Waals surface area contributed by atoms with Gasteiger partial charge in [-0.05, 0) is 36.6 Å². The molecule has 3 rings (SSSR count). The quantitative estimate of drug-likeness (QED) is 0.861. The van der Waals surface area contributed by atoms with E-state index >= 15 is 0 Å². The second-order valence-corrected chi connectivity index (χ2v) is 4.76. The van der Waals surface area contributed by atoms with Crippen LogP contribution in [0, 0.1) is 5.92 Å². The molecule has 0 saturated carbocycles. The van der Waals surface area contributed by atoms with Gasteiger partial charge >= 0.3 is 0 Å². The molecule has 0 unspecified atom stereocenters. The summed E-state index contributed by atoms with van der Waals surface area (Å²) in [4.78, 5) is 0. The maximum absolute atomic E-state index is 4.42. The molecule has 1 aromatic heterocycles. The molecular weight excluding hydrogens is 210 g/mol. The Balaban J connectivity index is 1.64. The fourth-order valence-electron chi connectivity index (χ4n) is 2.19. The first kappa shape index (κ1) is 10.5. The Morgan fingerprint density at radius 2 is 2.00 bits per heavy atom. The Hall–Kier alpha value is -1.61. The van der Waals surface area contributed by atoms with Gasteiger partial charge in [-0.1, -0.05) is 30.3 Å². The van der Waals surface area contributed by atoms with E-state index in [-0.39, 0.29) is 0 Å². The van der Waals surface area contributed by atoms with E-state index in [1.165, 1.54) is 11.1 Å². The molecule has 17 heavy (non-hydrogen) atoms. The summed E-state index contributed by atoms with van der Waals surface area (Å²) in [5.74, 6) is 0.810. The van der Waals surface area contributed by atoms with E-state index in [4.69, 9.17) is 0 Å². The van der Waals surface area contributed by atoms with Gasteiger partial charge in [-0.3, -0.25) is 4.68 Å². The summed E-state index contributed by atoms with van der Waals surface area (Å²) >= 11 is 0. The van der Waals surface area contributed by atoms with Gasteiger partial charge in [-0.25, -0.2) is 0 Å². The summed E-state index contributed by atoms with van der Waals surface area (Å²) in [6, 6.07) is 10.5. The second-order valence-electron chi connectivity index (χ2n) is 4.76. The lowest BCUT2D eigenvalue weighted by atomic mass is 9.96. The molecule has 0 atom stereocenters. The van der Waals surface area contributed by atoms with Crippen LogP contribution in [0.5, 0.6) is 0 Å². The van der Waals surface area contributed by atoms with Crippen molar-refractivity contribution in [3.05, 3.63) is 53.9 Å². The first-order valence-electron chi connectivity index (χ1n) is 6.16. The summed E-state index contributed by atoms with van der Waals surface area (Å²) in [5.41, 5.74) is 2.65. The number of nitrogens with zero attached hydrogens (tertiary/aromatic N) is 2. The minimum absolute atomic E-state index is 0.810. The third-order valence-electron chi connectivity index (χ3n) is 3.26. The van der Waals surface area contributed by atoms with Crippen molar-refractivity contribution < 1.29 is 0 Å². The molecule has 1 aliphatic rings. The predicted octanol–water partition coefficient (Wildman–Crippen LogP) is 1.69. The van der Waals surface area contributed by atoms with Crippen LogP contribution in [0.15, 0.2) is 42.7 Å². The number of hydrogen-bond donors (Lipinski definition) is 1. The van der Waals surface area contributed by atoms with Gasteiger partial charge in [0.2, 0.25) is 0 Å². The average molecular weight is 227 g/mol. The number of rotatable bonds is 4. The molecule has 0 radical (unpaired) electrons. The van der Waals surface area contributed by atoms with Crippen LogP contribution in [0.2, 0.25) is 0 Å². The van der Waals surface area contributed by atoms with Crippen LogP contribution in [0.3, 0.4) is 0 Å². The highest BCUT2D eigenvalue weighted by atomic mass is 15.3. The van der Waals surface area contributed by atoms with Crippen molar-refractivity contribution in [1.82, 2.24) is 15.1 Å². The third-order valence-corrected chi connectivity index (χ3v) is 3.26. The monoisotopic (exact) mass is 227 g/mol. The van der Waals surface area contributed by atoms with Crippen LogP contribution in [-0.2, 0) is 13.0 Å². The molecule has 1 aromatic carbocycles. The van der Waals surface area contributed by atoms with Crippen LogP contribution in [0.25, 0.3) is 0 Å². The average Bonchev–Trinajstić information content (AvgIpc) is 2.73. The molecule has 2 heterocycles. The number of hydrogen-bond acceptors (Lipinski definition) is 2. The minimum atomic E-state index is 0.810. The van der Waals surface area contributed by atoms with E-state index in [2.05, 4.69) is 40.9 Å². The lowest BCUT2D eigenvalue weighted by Gasteiger charge is -2.26. The first-order valence-corrected chi connectivity index (χ1v) is 6.16. The highest BCUT2D eigenvalue weighted by Gasteiger charge is 2.17. The van der Waals surface area contributed by atoms with Gasteiger partial charge in [0.1, 0.15) is 0 Å². The molecular formula is C14H17N3.